The van der Waals surface area contributed by atoms with Gasteiger partial charge < -0.3 is 23.5 Å². The number of anilines is 2. The molecular formula is C26H27N5O4. The third kappa shape index (κ3) is 4.64. The normalized spacial score (nSPS) is 16.9. The predicted octanol–water partition coefficient (Wildman–Crippen LogP) is 3.57. The second kappa shape index (κ2) is 9.66. The molecule has 0 atom stereocenters. The first kappa shape index (κ1) is 22.7. The molecule has 2 saturated heterocycles. The van der Waals surface area contributed by atoms with Gasteiger partial charge in [-0.15, -0.1) is 0 Å². The number of ketones is 1. The Labute approximate surface area is 203 Å². The van der Waals surface area contributed by atoms with Crippen molar-refractivity contribution in [2.75, 3.05) is 49.1 Å². The minimum absolute atomic E-state index is 0.0364. The highest BCUT2D eigenvalue weighted by Crippen LogP contribution is 2.32. The molecule has 2 aromatic heterocycles. The van der Waals surface area contributed by atoms with E-state index in [0.717, 1.165) is 18.8 Å². The van der Waals surface area contributed by atoms with Crippen molar-refractivity contribution in [1.29, 1.82) is 5.26 Å². The Kier molecular flexibility index (Phi) is 6.27. The van der Waals surface area contributed by atoms with Crippen LogP contribution >= 0.6 is 0 Å². The lowest BCUT2D eigenvalue weighted by molar-refractivity contribution is -0.136. The van der Waals surface area contributed by atoms with Crippen LogP contribution in [-0.2, 0) is 4.79 Å². The summed E-state index contributed by atoms with van der Waals surface area (Å²) in [5.74, 6) is 1.42. The van der Waals surface area contributed by atoms with Crippen molar-refractivity contribution in [3.05, 3.63) is 53.9 Å². The van der Waals surface area contributed by atoms with Crippen molar-refractivity contribution in [3.63, 3.8) is 0 Å². The average Bonchev–Trinajstić information content (AvgIpc) is 3.59. The molecule has 2 aliphatic rings. The topological polar surface area (TPSA) is 107 Å². The molecule has 2 fully saturated rings. The molecule has 5 rings (SSSR count). The van der Waals surface area contributed by atoms with Crippen LogP contribution in [0.4, 0.5) is 11.6 Å². The van der Waals surface area contributed by atoms with Crippen molar-refractivity contribution in [2.24, 2.45) is 5.92 Å². The van der Waals surface area contributed by atoms with E-state index in [9.17, 15) is 14.9 Å². The van der Waals surface area contributed by atoms with Crippen LogP contribution in [0.15, 0.2) is 51.5 Å². The molecule has 180 valence electrons. The summed E-state index contributed by atoms with van der Waals surface area (Å²) < 4.78 is 11.2. The van der Waals surface area contributed by atoms with E-state index in [1.807, 2.05) is 34.1 Å². The van der Waals surface area contributed by atoms with Gasteiger partial charge in [-0.1, -0.05) is 0 Å². The Balaban J connectivity index is 1.15. The number of piperidine rings is 1. The monoisotopic (exact) mass is 473 g/mol. The maximum absolute atomic E-state index is 13.2. The lowest BCUT2D eigenvalue weighted by atomic mass is 9.95. The van der Waals surface area contributed by atoms with Gasteiger partial charge >= 0.3 is 0 Å². The van der Waals surface area contributed by atoms with Gasteiger partial charge in [0.2, 0.25) is 17.5 Å². The molecule has 2 aliphatic heterocycles. The first-order valence-electron chi connectivity index (χ1n) is 11.9. The zero-order valence-electron chi connectivity index (χ0n) is 19.6. The molecule has 0 bridgehead atoms. The van der Waals surface area contributed by atoms with Gasteiger partial charge in [0, 0.05) is 56.4 Å². The third-order valence-electron chi connectivity index (χ3n) is 6.81. The average molecular weight is 474 g/mol. The van der Waals surface area contributed by atoms with Crippen LogP contribution in [0.25, 0.3) is 11.7 Å². The molecule has 9 nitrogen and oxygen atoms in total. The molecule has 0 unspecified atom stereocenters. The number of nitrogens with zero attached hydrogens (tertiary/aromatic N) is 5. The second-order valence-corrected chi connectivity index (χ2v) is 8.94. The highest BCUT2D eigenvalue weighted by atomic mass is 16.4. The molecule has 0 spiro atoms. The number of hydrogen-bond acceptors (Lipinski definition) is 8. The standard InChI is InChI=1S/C26H27N5O4/c1-18(32)19-4-6-21(7-5-19)29-12-14-30(15-13-29)25(33)20-8-10-31(11-9-20)26-22(17-27)28-24(35-26)23-3-2-16-34-23/h2-7,16,20H,8-15H2,1H3. The maximum atomic E-state index is 13.2. The number of piperazine rings is 1. The van der Waals surface area contributed by atoms with Crippen LogP contribution in [0.3, 0.4) is 0 Å². The lowest BCUT2D eigenvalue weighted by Crippen LogP contribution is -2.51. The van der Waals surface area contributed by atoms with Crippen LogP contribution in [0, 0.1) is 17.2 Å². The fraction of sp³-hybridized carbons (Fsp3) is 0.385. The number of oxazole rings is 1. The smallest absolute Gasteiger partial charge is 0.266 e. The van der Waals surface area contributed by atoms with E-state index in [2.05, 4.69) is 16.0 Å². The van der Waals surface area contributed by atoms with Crippen molar-refractivity contribution in [3.8, 4) is 17.7 Å². The largest absolute Gasteiger partial charge is 0.459 e. The maximum Gasteiger partial charge on any atom is 0.266 e. The summed E-state index contributed by atoms with van der Waals surface area (Å²) in [6.45, 7) is 5.71. The van der Waals surface area contributed by atoms with E-state index in [4.69, 9.17) is 8.83 Å². The van der Waals surface area contributed by atoms with Crippen LogP contribution in [0.5, 0.6) is 0 Å². The third-order valence-corrected chi connectivity index (χ3v) is 6.81. The first-order valence-corrected chi connectivity index (χ1v) is 11.9. The minimum Gasteiger partial charge on any atom is -0.459 e. The molecule has 0 N–H and O–H groups in total. The van der Waals surface area contributed by atoms with E-state index >= 15 is 0 Å². The molecule has 9 heteroatoms. The van der Waals surface area contributed by atoms with E-state index in [1.54, 1.807) is 19.1 Å². The van der Waals surface area contributed by atoms with Gasteiger partial charge in [-0.25, -0.2) is 0 Å². The number of furan rings is 1. The van der Waals surface area contributed by atoms with Crippen LogP contribution in [0.1, 0.15) is 35.8 Å². The number of benzene rings is 1. The van der Waals surface area contributed by atoms with Crippen LogP contribution < -0.4 is 9.80 Å². The van der Waals surface area contributed by atoms with Crippen molar-refractivity contribution in [1.82, 2.24) is 9.88 Å². The Bertz CT molecular complexity index is 1230. The summed E-state index contributed by atoms with van der Waals surface area (Å²) in [6, 6.07) is 13.2. The molecule has 1 amide bonds. The van der Waals surface area contributed by atoms with Crippen molar-refractivity contribution in [2.45, 2.75) is 19.8 Å². The van der Waals surface area contributed by atoms with Gasteiger partial charge in [0.05, 0.1) is 6.26 Å². The fourth-order valence-corrected chi connectivity index (χ4v) is 4.78. The molecule has 1 aromatic carbocycles. The number of amides is 1. The zero-order chi connectivity index (χ0) is 24.4. The van der Waals surface area contributed by atoms with E-state index in [0.29, 0.717) is 56.2 Å². The highest BCUT2D eigenvalue weighted by molar-refractivity contribution is 5.94. The molecule has 0 saturated carbocycles. The van der Waals surface area contributed by atoms with E-state index < -0.39 is 0 Å². The predicted molar refractivity (Wildman–Crippen MR) is 129 cm³/mol. The summed E-state index contributed by atoms with van der Waals surface area (Å²) in [6.07, 6.45) is 2.94. The van der Waals surface area contributed by atoms with Crippen LogP contribution in [0.2, 0.25) is 0 Å². The number of carbonyl (C=O) groups is 2. The number of Topliss-reactive ketones (excluding diaryl/α,β-unsaturated/α-hetero) is 1. The highest BCUT2D eigenvalue weighted by Gasteiger charge is 2.32. The van der Waals surface area contributed by atoms with E-state index in [1.165, 1.54) is 6.26 Å². The minimum atomic E-state index is -0.0364. The number of rotatable bonds is 5. The molecule has 3 aromatic rings. The number of nitriles is 1. The van der Waals surface area contributed by atoms with E-state index in [-0.39, 0.29) is 29.2 Å². The van der Waals surface area contributed by atoms with Crippen molar-refractivity contribution >= 4 is 23.3 Å². The second-order valence-electron chi connectivity index (χ2n) is 8.94. The summed E-state index contributed by atoms with van der Waals surface area (Å²) >= 11 is 0. The quantitative estimate of drug-likeness (QED) is 0.518. The molecular weight excluding hydrogens is 446 g/mol. The molecule has 0 aliphatic carbocycles. The summed E-state index contributed by atoms with van der Waals surface area (Å²) in [5, 5.41) is 9.50. The molecule has 4 heterocycles. The Morgan fingerprint density at radius 2 is 1.71 bits per heavy atom. The number of hydrogen-bond donors (Lipinski definition) is 0. The van der Waals surface area contributed by atoms with Gasteiger partial charge in [-0.2, -0.15) is 10.2 Å². The Hall–Kier alpha value is -4.06. The molecule has 35 heavy (non-hydrogen) atoms. The van der Waals surface area contributed by atoms with Crippen molar-refractivity contribution < 1.29 is 18.4 Å². The fourth-order valence-electron chi connectivity index (χ4n) is 4.78. The van der Waals surface area contributed by atoms with Gasteiger partial charge in [-0.3, -0.25) is 9.59 Å². The Morgan fingerprint density at radius 1 is 1.00 bits per heavy atom. The zero-order valence-corrected chi connectivity index (χ0v) is 19.6. The van der Waals surface area contributed by atoms with Gasteiger partial charge in [-0.05, 0) is 56.2 Å². The van der Waals surface area contributed by atoms with Gasteiger partial charge in [0.1, 0.15) is 6.07 Å². The van der Waals surface area contributed by atoms with Gasteiger partial charge in [0.15, 0.2) is 11.5 Å². The number of carbonyl (C=O) groups excluding carboxylic acids is 2. The number of aromatic nitrogens is 1. The lowest BCUT2D eigenvalue weighted by Gasteiger charge is -2.39. The summed E-state index contributed by atoms with van der Waals surface area (Å²) in [4.78, 5) is 35.2. The first-order chi connectivity index (χ1) is 17.0. The Morgan fingerprint density at radius 3 is 2.31 bits per heavy atom. The SMILES string of the molecule is CC(=O)c1ccc(N2CCN(C(=O)C3CCN(c4oc(-c5ccco5)nc4C#N)CC3)CC2)cc1. The van der Waals surface area contributed by atoms with Gasteiger partial charge in [0.25, 0.3) is 5.89 Å². The molecule has 0 radical (unpaired) electrons. The van der Waals surface area contributed by atoms with Crippen LogP contribution in [-0.4, -0.2) is 60.8 Å². The summed E-state index contributed by atoms with van der Waals surface area (Å²) in [5.41, 5.74) is 2.01. The summed E-state index contributed by atoms with van der Waals surface area (Å²) in [7, 11) is 0.